The average Bonchev–Trinajstić information content (AvgIpc) is 2.38. The molecule has 0 amide bonds. The van der Waals surface area contributed by atoms with E-state index in [1.807, 2.05) is 6.92 Å². The van der Waals surface area contributed by atoms with Gasteiger partial charge in [0.15, 0.2) is 0 Å². The highest BCUT2D eigenvalue weighted by Crippen LogP contribution is 2.30. The van der Waals surface area contributed by atoms with E-state index in [4.69, 9.17) is 11.0 Å². The van der Waals surface area contributed by atoms with Crippen LogP contribution in [0.4, 0.5) is 10.1 Å². The van der Waals surface area contributed by atoms with Crippen molar-refractivity contribution >= 4 is 5.69 Å². The Morgan fingerprint density at radius 3 is 2.67 bits per heavy atom. The molecule has 0 bridgehead atoms. The molecular formula is C14H20FN3. The largest absolute Gasteiger partial charge is 0.383 e. The molecule has 0 fully saturated rings. The van der Waals surface area contributed by atoms with E-state index in [-0.39, 0.29) is 11.7 Å². The van der Waals surface area contributed by atoms with Crippen LogP contribution in [0.25, 0.3) is 0 Å². The SMILES string of the molecule is CCNc1cc(C(CC)CCN)c(C#N)cc1F. The van der Waals surface area contributed by atoms with Gasteiger partial charge in [-0.3, -0.25) is 0 Å². The van der Waals surface area contributed by atoms with E-state index in [1.54, 1.807) is 6.07 Å². The van der Waals surface area contributed by atoms with Crippen LogP contribution in [0.5, 0.6) is 0 Å². The number of anilines is 1. The number of nitriles is 1. The second-order valence-corrected chi connectivity index (χ2v) is 4.24. The van der Waals surface area contributed by atoms with Gasteiger partial charge in [0.05, 0.1) is 17.3 Å². The molecule has 0 spiro atoms. The zero-order valence-electron chi connectivity index (χ0n) is 11.0. The number of rotatable bonds is 6. The number of nitrogens with one attached hydrogen (secondary N) is 1. The molecule has 0 saturated heterocycles. The van der Waals surface area contributed by atoms with E-state index in [0.29, 0.717) is 24.3 Å². The number of benzene rings is 1. The minimum absolute atomic E-state index is 0.211. The van der Waals surface area contributed by atoms with Gasteiger partial charge >= 0.3 is 0 Å². The maximum absolute atomic E-state index is 13.7. The third kappa shape index (κ3) is 3.21. The minimum Gasteiger partial charge on any atom is -0.383 e. The fourth-order valence-corrected chi connectivity index (χ4v) is 2.13. The van der Waals surface area contributed by atoms with Crippen molar-refractivity contribution in [2.45, 2.75) is 32.6 Å². The second kappa shape index (κ2) is 6.97. The lowest BCUT2D eigenvalue weighted by Gasteiger charge is -2.18. The van der Waals surface area contributed by atoms with Crippen molar-refractivity contribution in [1.82, 2.24) is 0 Å². The maximum Gasteiger partial charge on any atom is 0.147 e. The first kappa shape index (κ1) is 14.5. The third-order valence-corrected chi connectivity index (χ3v) is 3.07. The van der Waals surface area contributed by atoms with E-state index in [9.17, 15) is 4.39 Å². The van der Waals surface area contributed by atoms with Crippen LogP contribution in [-0.2, 0) is 0 Å². The van der Waals surface area contributed by atoms with Crippen LogP contribution in [0, 0.1) is 17.1 Å². The zero-order chi connectivity index (χ0) is 13.5. The van der Waals surface area contributed by atoms with Crippen LogP contribution in [-0.4, -0.2) is 13.1 Å². The highest BCUT2D eigenvalue weighted by molar-refractivity contribution is 5.54. The number of halogens is 1. The quantitative estimate of drug-likeness (QED) is 0.814. The Kier molecular flexibility index (Phi) is 5.60. The van der Waals surface area contributed by atoms with Gasteiger partial charge in [-0.2, -0.15) is 5.26 Å². The van der Waals surface area contributed by atoms with Crippen LogP contribution in [0.2, 0.25) is 0 Å². The molecule has 0 heterocycles. The molecule has 0 aliphatic carbocycles. The molecule has 0 aromatic heterocycles. The monoisotopic (exact) mass is 249 g/mol. The van der Waals surface area contributed by atoms with Gasteiger partial charge in [-0.05, 0) is 49.9 Å². The molecule has 1 atom stereocenters. The summed E-state index contributed by atoms with van der Waals surface area (Å²) < 4.78 is 13.7. The fraction of sp³-hybridized carbons (Fsp3) is 0.500. The lowest BCUT2D eigenvalue weighted by molar-refractivity contribution is 0.603. The van der Waals surface area contributed by atoms with Crippen LogP contribution in [0.15, 0.2) is 12.1 Å². The standard InChI is InChI=1S/C14H20FN3/c1-3-10(5-6-16)12-8-14(18-4-2)13(15)7-11(12)9-17/h7-8,10,18H,3-6,16H2,1-2H3. The Balaban J connectivity index is 3.22. The van der Waals surface area contributed by atoms with Crippen molar-refractivity contribution in [3.63, 3.8) is 0 Å². The topological polar surface area (TPSA) is 61.8 Å². The van der Waals surface area contributed by atoms with Crippen molar-refractivity contribution in [1.29, 1.82) is 5.26 Å². The summed E-state index contributed by atoms with van der Waals surface area (Å²) in [5.41, 5.74) is 7.35. The van der Waals surface area contributed by atoms with Crippen molar-refractivity contribution < 1.29 is 4.39 Å². The summed E-state index contributed by atoms with van der Waals surface area (Å²) in [6.07, 6.45) is 1.70. The molecular weight excluding hydrogens is 229 g/mol. The normalized spacial score (nSPS) is 11.9. The van der Waals surface area contributed by atoms with E-state index in [0.717, 1.165) is 18.4 Å². The van der Waals surface area contributed by atoms with Gasteiger partial charge in [-0.25, -0.2) is 4.39 Å². The Morgan fingerprint density at radius 1 is 1.44 bits per heavy atom. The Bertz CT molecular complexity index is 437. The van der Waals surface area contributed by atoms with E-state index < -0.39 is 0 Å². The minimum atomic E-state index is -0.375. The van der Waals surface area contributed by atoms with Gasteiger partial charge < -0.3 is 11.1 Å². The van der Waals surface area contributed by atoms with Gasteiger partial charge in [0, 0.05) is 6.54 Å². The van der Waals surface area contributed by atoms with Gasteiger partial charge in [0.25, 0.3) is 0 Å². The second-order valence-electron chi connectivity index (χ2n) is 4.24. The van der Waals surface area contributed by atoms with Crippen molar-refractivity contribution in [2.75, 3.05) is 18.4 Å². The third-order valence-electron chi connectivity index (χ3n) is 3.07. The van der Waals surface area contributed by atoms with Crippen molar-refractivity contribution in [3.05, 3.63) is 29.1 Å². The molecule has 98 valence electrons. The van der Waals surface area contributed by atoms with Crippen LogP contribution >= 0.6 is 0 Å². The van der Waals surface area contributed by atoms with E-state index in [2.05, 4.69) is 18.3 Å². The summed E-state index contributed by atoms with van der Waals surface area (Å²) in [6.45, 7) is 5.18. The highest BCUT2D eigenvalue weighted by atomic mass is 19.1. The first-order valence-corrected chi connectivity index (χ1v) is 6.35. The first-order valence-electron chi connectivity index (χ1n) is 6.35. The molecule has 0 aliphatic rings. The summed E-state index contributed by atoms with van der Waals surface area (Å²) in [5, 5.41) is 12.1. The predicted octanol–water partition coefficient (Wildman–Crippen LogP) is 2.97. The lowest BCUT2D eigenvalue weighted by atomic mass is 9.89. The zero-order valence-corrected chi connectivity index (χ0v) is 11.0. The van der Waals surface area contributed by atoms with Crippen molar-refractivity contribution in [3.8, 4) is 6.07 Å². The average molecular weight is 249 g/mol. The molecule has 3 nitrogen and oxygen atoms in total. The Hall–Kier alpha value is -1.60. The van der Waals surface area contributed by atoms with Gasteiger partial charge in [0.1, 0.15) is 5.82 Å². The molecule has 0 saturated carbocycles. The molecule has 18 heavy (non-hydrogen) atoms. The summed E-state index contributed by atoms with van der Waals surface area (Å²) in [7, 11) is 0. The first-order chi connectivity index (χ1) is 8.67. The lowest BCUT2D eigenvalue weighted by Crippen LogP contribution is -2.10. The highest BCUT2D eigenvalue weighted by Gasteiger charge is 2.16. The molecule has 1 unspecified atom stereocenters. The Morgan fingerprint density at radius 2 is 2.17 bits per heavy atom. The fourth-order valence-electron chi connectivity index (χ4n) is 2.13. The maximum atomic E-state index is 13.7. The summed E-state index contributed by atoms with van der Waals surface area (Å²) in [6, 6.07) is 5.13. The number of hydrogen-bond donors (Lipinski definition) is 2. The van der Waals surface area contributed by atoms with E-state index in [1.165, 1.54) is 6.07 Å². The summed E-state index contributed by atoms with van der Waals surface area (Å²) in [5.74, 6) is -0.164. The molecule has 3 N–H and O–H groups in total. The smallest absolute Gasteiger partial charge is 0.147 e. The van der Waals surface area contributed by atoms with Crippen molar-refractivity contribution in [2.24, 2.45) is 5.73 Å². The summed E-state index contributed by atoms with van der Waals surface area (Å²) in [4.78, 5) is 0. The van der Waals surface area contributed by atoms with Crippen LogP contribution < -0.4 is 11.1 Å². The predicted molar refractivity (Wildman–Crippen MR) is 72.0 cm³/mol. The van der Waals surface area contributed by atoms with Crippen LogP contribution in [0.3, 0.4) is 0 Å². The molecule has 4 heteroatoms. The number of nitrogens with zero attached hydrogens (tertiary/aromatic N) is 1. The molecule has 1 aromatic carbocycles. The van der Waals surface area contributed by atoms with Gasteiger partial charge in [-0.1, -0.05) is 6.92 Å². The Labute approximate surface area is 108 Å². The number of nitrogens with two attached hydrogens (primary N) is 1. The molecule has 1 aromatic rings. The molecule has 0 aliphatic heterocycles. The summed E-state index contributed by atoms with van der Waals surface area (Å²) >= 11 is 0. The molecule has 0 radical (unpaired) electrons. The van der Waals surface area contributed by atoms with E-state index >= 15 is 0 Å². The number of hydrogen-bond acceptors (Lipinski definition) is 3. The van der Waals surface area contributed by atoms with Crippen LogP contribution in [0.1, 0.15) is 43.7 Å². The molecule has 1 rings (SSSR count). The van der Waals surface area contributed by atoms with Gasteiger partial charge in [-0.15, -0.1) is 0 Å². The van der Waals surface area contributed by atoms with Gasteiger partial charge in [0.2, 0.25) is 0 Å².